The summed E-state index contributed by atoms with van der Waals surface area (Å²) in [5.74, 6) is -0.154. The lowest BCUT2D eigenvalue weighted by atomic mass is 9.83. The third-order valence-corrected chi connectivity index (χ3v) is 3.06. The van der Waals surface area contributed by atoms with Gasteiger partial charge < -0.3 is 5.32 Å². The summed E-state index contributed by atoms with van der Waals surface area (Å²) < 4.78 is 12.7. The van der Waals surface area contributed by atoms with Crippen LogP contribution in [0.5, 0.6) is 0 Å². The first kappa shape index (κ1) is 13.2. The van der Waals surface area contributed by atoms with Crippen molar-refractivity contribution >= 4 is 0 Å². The largest absolute Gasteiger partial charge is 0.320 e. The molecule has 0 heterocycles. The van der Waals surface area contributed by atoms with Crippen LogP contribution in [-0.4, -0.2) is 13.6 Å². The number of halogens is 1. The molecular weight excluding hydrogens is 201 g/mol. The number of aryl methyl sites for hydroxylation is 1. The van der Waals surface area contributed by atoms with Gasteiger partial charge in [-0.1, -0.05) is 26.0 Å². The van der Waals surface area contributed by atoms with Crippen LogP contribution >= 0.6 is 0 Å². The van der Waals surface area contributed by atoms with Crippen molar-refractivity contribution in [2.45, 2.75) is 33.1 Å². The molecule has 0 aliphatic carbocycles. The summed E-state index contributed by atoms with van der Waals surface area (Å²) in [4.78, 5) is 0. The molecule has 1 nitrogen and oxygen atoms in total. The third-order valence-electron chi connectivity index (χ3n) is 3.06. The van der Waals surface area contributed by atoms with E-state index in [1.54, 1.807) is 0 Å². The molecule has 1 aromatic carbocycles. The zero-order valence-corrected chi connectivity index (χ0v) is 10.5. The highest BCUT2D eigenvalue weighted by Crippen LogP contribution is 2.26. The fourth-order valence-electron chi connectivity index (χ4n) is 1.72. The first-order chi connectivity index (χ1) is 7.53. The highest BCUT2D eigenvalue weighted by molar-refractivity contribution is 5.16. The standard InChI is InChI=1S/C14H22FN/c1-14(2,10-11-16-3)9-8-12-4-6-13(15)7-5-12/h4-7,16H,8-11H2,1-3H3. The molecule has 1 N–H and O–H groups in total. The van der Waals surface area contributed by atoms with E-state index in [-0.39, 0.29) is 5.82 Å². The SMILES string of the molecule is CNCCC(C)(C)CCc1ccc(F)cc1. The topological polar surface area (TPSA) is 12.0 Å². The summed E-state index contributed by atoms with van der Waals surface area (Å²) in [7, 11) is 1.98. The second-order valence-electron chi connectivity index (χ2n) is 5.14. The van der Waals surface area contributed by atoms with E-state index in [9.17, 15) is 4.39 Å². The lowest BCUT2D eigenvalue weighted by molar-refractivity contribution is 0.305. The van der Waals surface area contributed by atoms with Gasteiger partial charge in [0.1, 0.15) is 5.82 Å². The van der Waals surface area contributed by atoms with Gasteiger partial charge in [-0.25, -0.2) is 4.39 Å². The molecule has 1 aromatic rings. The molecule has 16 heavy (non-hydrogen) atoms. The van der Waals surface area contributed by atoms with Crippen LogP contribution in [0.1, 0.15) is 32.3 Å². The van der Waals surface area contributed by atoms with E-state index >= 15 is 0 Å². The Bertz CT molecular complexity index is 303. The van der Waals surface area contributed by atoms with Gasteiger partial charge in [-0.3, -0.25) is 0 Å². The second kappa shape index (κ2) is 6.00. The van der Waals surface area contributed by atoms with E-state index in [1.807, 2.05) is 19.2 Å². The van der Waals surface area contributed by atoms with Gasteiger partial charge in [0.15, 0.2) is 0 Å². The lowest BCUT2D eigenvalue weighted by Crippen LogP contribution is -2.20. The van der Waals surface area contributed by atoms with Crippen LogP contribution in [0.15, 0.2) is 24.3 Å². The van der Waals surface area contributed by atoms with E-state index in [1.165, 1.54) is 24.1 Å². The molecule has 0 bridgehead atoms. The summed E-state index contributed by atoms with van der Waals surface area (Å²) in [5, 5.41) is 3.18. The number of hydrogen-bond donors (Lipinski definition) is 1. The Morgan fingerprint density at radius 3 is 2.31 bits per heavy atom. The Morgan fingerprint density at radius 1 is 1.12 bits per heavy atom. The maximum absolute atomic E-state index is 12.7. The van der Waals surface area contributed by atoms with E-state index in [0.717, 1.165) is 19.4 Å². The van der Waals surface area contributed by atoms with E-state index < -0.39 is 0 Å². The molecule has 0 unspecified atom stereocenters. The van der Waals surface area contributed by atoms with Gasteiger partial charge in [0.05, 0.1) is 0 Å². The first-order valence-corrected chi connectivity index (χ1v) is 5.92. The van der Waals surface area contributed by atoms with Gasteiger partial charge in [0, 0.05) is 0 Å². The van der Waals surface area contributed by atoms with Crippen molar-refractivity contribution < 1.29 is 4.39 Å². The number of nitrogens with one attached hydrogen (secondary N) is 1. The molecule has 0 saturated heterocycles. The van der Waals surface area contributed by atoms with Crippen LogP contribution in [0, 0.1) is 11.2 Å². The Hall–Kier alpha value is -0.890. The fourth-order valence-corrected chi connectivity index (χ4v) is 1.72. The van der Waals surface area contributed by atoms with Crippen LogP contribution in [0.25, 0.3) is 0 Å². The number of rotatable bonds is 6. The molecule has 1 rings (SSSR count). The molecule has 0 aliphatic rings. The normalized spacial score (nSPS) is 11.8. The molecular formula is C14H22FN. The average molecular weight is 223 g/mol. The average Bonchev–Trinajstić information content (AvgIpc) is 2.26. The van der Waals surface area contributed by atoms with Crippen LogP contribution in [-0.2, 0) is 6.42 Å². The van der Waals surface area contributed by atoms with Crippen LogP contribution < -0.4 is 5.32 Å². The molecule has 2 heteroatoms. The highest BCUT2D eigenvalue weighted by atomic mass is 19.1. The van der Waals surface area contributed by atoms with E-state index in [4.69, 9.17) is 0 Å². The van der Waals surface area contributed by atoms with E-state index in [0.29, 0.717) is 5.41 Å². The molecule has 0 aromatic heterocycles. The summed E-state index contributed by atoms with van der Waals surface area (Å²) in [6, 6.07) is 6.83. The molecule has 0 radical (unpaired) electrons. The van der Waals surface area contributed by atoms with Gasteiger partial charge in [0.25, 0.3) is 0 Å². The van der Waals surface area contributed by atoms with Gasteiger partial charge in [-0.15, -0.1) is 0 Å². The molecule has 0 saturated carbocycles. The summed E-state index contributed by atoms with van der Waals surface area (Å²) in [5.41, 5.74) is 1.57. The molecule has 0 fully saturated rings. The summed E-state index contributed by atoms with van der Waals surface area (Å²) in [6.45, 7) is 5.62. The number of benzene rings is 1. The van der Waals surface area contributed by atoms with Crippen molar-refractivity contribution in [1.82, 2.24) is 5.32 Å². The van der Waals surface area contributed by atoms with Crippen molar-refractivity contribution in [3.05, 3.63) is 35.6 Å². The van der Waals surface area contributed by atoms with Gasteiger partial charge in [-0.2, -0.15) is 0 Å². The number of hydrogen-bond acceptors (Lipinski definition) is 1. The summed E-state index contributed by atoms with van der Waals surface area (Å²) in [6.07, 6.45) is 3.34. The minimum Gasteiger partial charge on any atom is -0.320 e. The first-order valence-electron chi connectivity index (χ1n) is 5.92. The lowest BCUT2D eigenvalue weighted by Gasteiger charge is -2.24. The molecule has 0 atom stereocenters. The monoisotopic (exact) mass is 223 g/mol. The Kier molecular flexibility index (Phi) is 4.94. The van der Waals surface area contributed by atoms with Crippen molar-refractivity contribution in [3.8, 4) is 0 Å². The maximum atomic E-state index is 12.7. The van der Waals surface area contributed by atoms with E-state index in [2.05, 4.69) is 19.2 Å². The maximum Gasteiger partial charge on any atom is 0.123 e. The van der Waals surface area contributed by atoms with Crippen molar-refractivity contribution in [1.29, 1.82) is 0 Å². The third kappa shape index (κ3) is 4.75. The van der Waals surface area contributed by atoms with Crippen molar-refractivity contribution in [3.63, 3.8) is 0 Å². The van der Waals surface area contributed by atoms with Gasteiger partial charge in [0.2, 0.25) is 0 Å². The predicted molar refractivity (Wildman–Crippen MR) is 67.0 cm³/mol. The van der Waals surface area contributed by atoms with Crippen LogP contribution in [0.2, 0.25) is 0 Å². The minimum atomic E-state index is -0.154. The molecule has 0 aliphatic heterocycles. The predicted octanol–water partition coefficient (Wildman–Crippen LogP) is 3.39. The Morgan fingerprint density at radius 2 is 1.75 bits per heavy atom. The zero-order chi connectivity index (χ0) is 12.0. The molecule has 0 amide bonds. The van der Waals surface area contributed by atoms with Crippen LogP contribution in [0.3, 0.4) is 0 Å². The summed E-state index contributed by atoms with van der Waals surface area (Å²) >= 11 is 0. The van der Waals surface area contributed by atoms with Gasteiger partial charge >= 0.3 is 0 Å². The highest BCUT2D eigenvalue weighted by Gasteiger charge is 2.16. The molecule has 90 valence electrons. The van der Waals surface area contributed by atoms with Crippen molar-refractivity contribution in [2.24, 2.45) is 5.41 Å². The Labute approximate surface area is 98.1 Å². The minimum absolute atomic E-state index is 0.154. The Balaban J connectivity index is 2.41. The van der Waals surface area contributed by atoms with Gasteiger partial charge in [-0.05, 0) is 56.0 Å². The zero-order valence-electron chi connectivity index (χ0n) is 10.5. The second-order valence-corrected chi connectivity index (χ2v) is 5.14. The molecule has 0 spiro atoms. The van der Waals surface area contributed by atoms with Crippen LogP contribution in [0.4, 0.5) is 4.39 Å². The smallest absolute Gasteiger partial charge is 0.123 e. The fraction of sp³-hybridized carbons (Fsp3) is 0.571. The van der Waals surface area contributed by atoms with Crippen molar-refractivity contribution in [2.75, 3.05) is 13.6 Å². The quantitative estimate of drug-likeness (QED) is 0.779.